The quantitative estimate of drug-likeness (QED) is 0.708. The lowest BCUT2D eigenvalue weighted by molar-refractivity contribution is -0.120. The maximum atomic E-state index is 13.0. The fourth-order valence-corrected chi connectivity index (χ4v) is 4.54. The van der Waals surface area contributed by atoms with Crippen LogP contribution < -0.4 is 10.2 Å². The summed E-state index contributed by atoms with van der Waals surface area (Å²) in [6.45, 7) is 5.75. The summed E-state index contributed by atoms with van der Waals surface area (Å²) in [6.07, 6.45) is 6.71. The van der Waals surface area contributed by atoms with Gasteiger partial charge < -0.3 is 10.2 Å². The SMILES string of the molecule is CCc1cccc(C)c1NC(=O)[C@@H]1CCCN(c2nnc(-n3cccc3)s2)C1. The number of benzene rings is 1. The summed E-state index contributed by atoms with van der Waals surface area (Å²) >= 11 is 1.56. The van der Waals surface area contributed by atoms with Crippen molar-refractivity contribution in [1.82, 2.24) is 14.8 Å². The molecule has 6 nitrogen and oxygen atoms in total. The lowest BCUT2D eigenvalue weighted by Crippen LogP contribution is -2.41. The minimum atomic E-state index is -0.0445. The van der Waals surface area contributed by atoms with E-state index in [1.807, 2.05) is 48.1 Å². The first kappa shape index (κ1) is 18.7. The second-order valence-electron chi connectivity index (χ2n) is 7.19. The van der Waals surface area contributed by atoms with Gasteiger partial charge in [0.15, 0.2) is 0 Å². The molecule has 0 radical (unpaired) electrons. The zero-order valence-electron chi connectivity index (χ0n) is 16.3. The minimum Gasteiger partial charge on any atom is -0.346 e. The number of anilines is 2. The maximum Gasteiger partial charge on any atom is 0.229 e. The predicted octanol–water partition coefficient (Wildman–Crippen LogP) is 4.05. The molecule has 1 aliphatic heterocycles. The van der Waals surface area contributed by atoms with E-state index in [1.54, 1.807) is 11.3 Å². The molecule has 1 fully saturated rings. The molecule has 4 rings (SSSR count). The van der Waals surface area contributed by atoms with Crippen molar-refractivity contribution in [2.75, 3.05) is 23.3 Å². The molecule has 1 atom stereocenters. The van der Waals surface area contributed by atoms with E-state index in [1.165, 1.54) is 5.56 Å². The van der Waals surface area contributed by atoms with E-state index in [4.69, 9.17) is 0 Å². The third-order valence-corrected chi connectivity index (χ3v) is 6.28. The molecule has 1 aliphatic rings. The number of nitrogens with zero attached hydrogens (tertiary/aromatic N) is 4. The van der Waals surface area contributed by atoms with Crippen LogP contribution in [-0.4, -0.2) is 33.8 Å². The molecule has 0 aliphatic carbocycles. The minimum absolute atomic E-state index is 0.0445. The molecular weight excluding hydrogens is 370 g/mol. The van der Waals surface area contributed by atoms with Crippen molar-refractivity contribution >= 4 is 28.1 Å². The first-order valence-corrected chi connectivity index (χ1v) is 10.6. The number of hydrogen-bond acceptors (Lipinski definition) is 5. The number of amides is 1. The van der Waals surface area contributed by atoms with Crippen molar-refractivity contribution in [3.63, 3.8) is 0 Å². The third kappa shape index (κ3) is 3.80. The fourth-order valence-electron chi connectivity index (χ4n) is 3.69. The van der Waals surface area contributed by atoms with Crippen molar-refractivity contribution in [3.8, 4) is 5.13 Å². The lowest BCUT2D eigenvalue weighted by atomic mass is 9.96. The van der Waals surface area contributed by atoms with Gasteiger partial charge >= 0.3 is 0 Å². The van der Waals surface area contributed by atoms with Crippen molar-refractivity contribution < 1.29 is 4.79 Å². The van der Waals surface area contributed by atoms with Crippen LogP contribution in [0.25, 0.3) is 5.13 Å². The Balaban J connectivity index is 1.46. The summed E-state index contributed by atoms with van der Waals surface area (Å²) in [5, 5.41) is 13.6. The first-order chi connectivity index (χ1) is 13.7. The molecule has 1 amide bonds. The smallest absolute Gasteiger partial charge is 0.229 e. The highest BCUT2D eigenvalue weighted by atomic mass is 32.1. The van der Waals surface area contributed by atoms with Gasteiger partial charge in [0, 0.05) is 31.2 Å². The normalized spacial score (nSPS) is 16.9. The molecule has 0 spiro atoms. The van der Waals surface area contributed by atoms with Gasteiger partial charge in [-0.1, -0.05) is 36.5 Å². The monoisotopic (exact) mass is 395 g/mol. The van der Waals surface area contributed by atoms with Gasteiger partial charge in [-0.25, -0.2) is 0 Å². The molecule has 146 valence electrons. The van der Waals surface area contributed by atoms with Gasteiger partial charge in [0.05, 0.1) is 5.92 Å². The molecule has 2 aromatic heterocycles. The van der Waals surface area contributed by atoms with Gasteiger partial charge in [-0.3, -0.25) is 9.36 Å². The summed E-state index contributed by atoms with van der Waals surface area (Å²) in [5.74, 6) is 0.0563. The molecule has 0 saturated carbocycles. The van der Waals surface area contributed by atoms with Crippen LogP contribution in [0.15, 0.2) is 42.7 Å². The van der Waals surface area contributed by atoms with Gasteiger partial charge in [0.2, 0.25) is 16.2 Å². The van der Waals surface area contributed by atoms with Crippen LogP contribution in [0.1, 0.15) is 30.9 Å². The van der Waals surface area contributed by atoms with E-state index in [-0.39, 0.29) is 11.8 Å². The molecule has 0 unspecified atom stereocenters. The number of hydrogen-bond donors (Lipinski definition) is 1. The molecule has 7 heteroatoms. The zero-order valence-corrected chi connectivity index (χ0v) is 17.1. The van der Waals surface area contributed by atoms with E-state index in [0.717, 1.165) is 47.3 Å². The van der Waals surface area contributed by atoms with Crippen LogP contribution >= 0.6 is 11.3 Å². The molecule has 3 heterocycles. The number of carbonyl (C=O) groups excluding carboxylic acids is 1. The van der Waals surface area contributed by atoms with Crippen LogP contribution in [0.2, 0.25) is 0 Å². The number of piperidine rings is 1. The van der Waals surface area contributed by atoms with Crippen molar-refractivity contribution in [3.05, 3.63) is 53.9 Å². The number of rotatable bonds is 5. The Hall–Kier alpha value is -2.67. The summed E-state index contributed by atoms with van der Waals surface area (Å²) in [5.41, 5.74) is 3.26. The maximum absolute atomic E-state index is 13.0. The second kappa shape index (κ2) is 8.14. The van der Waals surface area contributed by atoms with Crippen LogP contribution in [0, 0.1) is 12.8 Å². The van der Waals surface area contributed by atoms with E-state index in [9.17, 15) is 4.79 Å². The molecule has 0 bridgehead atoms. The van der Waals surface area contributed by atoms with Crippen LogP contribution in [-0.2, 0) is 11.2 Å². The zero-order chi connectivity index (χ0) is 19.5. The largest absolute Gasteiger partial charge is 0.346 e. The Labute approximate surface area is 169 Å². The highest BCUT2D eigenvalue weighted by Crippen LogP contribution is 2.29. The standard InChI is InChI=1S/C21H25N5OS/c1-3-16-9-6-8-15(2)18(16)22-19(27)17-10-7-13-26(14-17)21-24-23-20(28-21)25-11-4-5-12-25/h4-6,8-9,11-12,17H,3,7,10,13-14H2,1-2H3,(H,22,27)/t17-/m1/s1. The summed E-state index contributed by atoms with van der Waals surface area (Å²) in [7, 11) is 0. The molecule has 28 heavy (non-hydrogen) atoms. The predicted molar refractivity (Wildman–Crippen MR) is 113 cm³/mol. The van der Waals surface area contributed by atoms with Crippen LogP contribution in [0.5, 0.6) is 0 Å². The number of carbonyl (C=O) groups is 1. The average molecular weight is 396 g/mol. The van der Waals surface area contributed by atoms with E-state index >= 15 is 0 Å². The highest BCUT2D eigenvalue weighted by Gasteiger charge is 2.28. The van der Waals surface area contributed by atoms with E-state index in [2.05, 4.69) is 33.4 Å². The Morgan fingerprint density at radius 1 is 1.21 bits per heavy atom. The van der Waals surface area contributed by atoms with Crippen molar-refractivity contribution in [1.29, 1.82) is 0 Å². The number of para-hydroxylation sites is 1. The topological polar surface area (TPSA) is 63.1 Å². The van der Waals surface area contributed by atoms with E-state index in [0.29, 0.717) is 6.54 Å². The molecule has 1 aromatic carbocycles. The van der Waals surface area contributed by atoms with Gasteiger partial charge in [0.1, 0.15) is 0 Å². The third-order valence-electron chi connectivity index (χ3n) is 5.28. The molecule has 3 aromatic rings. The van der Waals surface area contributed by atoms with Gasteiger partial charge in [0.25, 0.3) is 0 Å². The second-order valence-corrected chi connectivity index (χ2v) is 8.13. The molecule has 1 saturated heterocycles. The first-order valence-electron chi connectivity index (χ1n) is 9.77. The van der Waals surface area contributed by atoms with Crippen LogP contribution in [0.3, 0.4) is 0 Å². The number of nitrogens with one attached hydrogen (secondary N) is 1. The van der Waals surface area contributed by atoms with Gasteiger partial charge in [-0.05, 0) is 49.4 Å². The van der Waals surface area contributed by atoms with Gasteiger partial charge in [-0.15, -0.1) is 10.2 Å². The molecule has 1 N–H and O–H groups in total. The molecular formula is C21H25N5OS. The van der Waals surface area contributed by atoms with Crippen molar-refractivity contribution in [2.24, 2.45) is 5.92 Å². The number of aryl methyl sites for hydroxylation is 2. The summed E-state index contributed by atoms with van der Waals surface area (Å²) in [6, 6.07) is 10.1. The van der Waals surface area contributed by atoms with E-state index < -0.39 is 0 Å². The average Bonchev–Trinajstić information content (AvgIpc) is 3.41. The highest BCUT2D eigenvalue weighted by molar-refractivity contribution is 7.17. The van der Waals surface area contributed by atoms with Crippen LogP contribution in [0.4, 0.5) is 10.8 Å². The Morgan fingerprint density at radius 2 is 2.00 bits per heavy atom. The lowest BCUT2D eigenvalue weighted by Gasteiger charge is -2.31. The Bertz CT molecular complexity index is 950. The Kier molecular flexibility index (Phi) is 5.43. The summed E-state index contributed by atoms with van der Waals surface area (Å²) < 4.78 is 1.96. The Morgan fingerprint density at radius 3 is 2.79 bits per heavy atom. The van der Waals surface area contributed by atoms with Gasteiger partial charge in [-0.2, -0.15) is 0 Å². The fraction of sp³-hybridized carbons (Fsp3) is 0.381. The number of aromatic nitrogens is 3. The summed E-state index contributed by atoms with van der Waals surface area (Å²) in [4.78, 5) is 15.2. The van der Waals surface area contributed by atoms with Crippen molar-refractivity contribution in [2.45, 2.75) is 33.1 Å².